The molecule has 0 aromatic heterocycles. The summed E-state index contributed by atoms with van der Waals surface area (Å²) in [6.07, 6.45) is -2.96. The number of hydrogen-bond acceptors (Lipinski definition) is 2. The Morgan fingerprint density at radius 2 is 1.93 bits per heavy atom. The molecule has 0 spiro atoms. The largest absolute Gasteiger partial charge is 0.506 e. The molecule has 1 aromatic rings. The van der Waals surface area contributed by atoms with E-state index >= 15 is 0 Å². The van der Waals surface area contributed by atoms with Crippen molar-refractivity contribution < 1.29 is 18.3 Å². The maximum atomic E-state index is 13.0. The van der Waals surface area contributed by atoms with Crippen LogP contribution < -0.4 is 5.73 Å². The molecule has 0 aliphatic carbocycles. The van der Waals surface area contributed by atoms with E-state index in [1.165, 1.54) is 0 Å². The van der Waals surface area contributed by atoms with Crippen LogP contribution in [0, 0.1) is 5.82 Å². The fourth-order valence-corrected chi connectivity index (χ4v) is 1.16. The summed E-state index contributed by atoms with van der Waals surface area (Å²) in [5.74, 6) is -1.74. The number of nitrogens with two attached hydrogens (primary N) is 1. The molecule has 1 atom stereocenters. The van der Waals surface area contributed by atoms with Crippen LogP contribution in [0.2, 0.25) is 5.02 Å². The van der Waals surface area contributed by atoms with Gasteiger partial charge in [-0.05, 0) is 12.1 Å². The maximum Gasteiger partial charge on any atom is 0.257 e. The summed E-state index contributed by atoms with van der Waals surface area (Å²) in [6.45, 7) is 0. The van der Waals surface area contributed by atoms with E-state index in [0.717, 1.165) is 12.1 Å². The van der Waals surface area contributed by atoms with Crippen LogP contribution in [-0.2, 0) is 0 Å². The van der Waals surface area contributed by atoms with E-state index in [2.05, 4.69) is 0 Å². The minimum Gasteiger partial charge on any atom is -0.506 e. The van der Waals surface area contributed by atoms with Crippen LogP contribution in [0.15, 0.2) is 12.1 Å². The number of benzene rings is 1. The second-order valence-corrected chi connectivity index (χ2v) is 3.06. The first-order valence-electron chi connectivity index (χ1n) is 3.65. The monoisotopic (exact) mass is 225 g/mol. The predicted octanol–water partition coefficient (Wildman–Crippen LogP) is 2.45. The summed E-state index contributed by atoms with van der Waals surface area (Å²) in [5.41, 5.74) is 4.34. The normalized spacial score (nSPS) is 13.3. The van der Waals surface area contributed by atoms with Gasteiger partial charge in [-0.15, -0.1) is 0 Å². The van der Waals surface area contributed by atoms with Crippen LogP contribution in [0.4, 0.5) is 13.2 Å². The van der Waals surface area contributed by atoms with Crippen LogP contribution in [0.3, 0.4) is 0 Å². The minimum absolute atomic E-state index is 0.211. The quantitative estimate of drug-likeness (QED) is 0.812. The maximum absolute atomic E-state index is 13.0. The van der Waals surface area contributed by atoms with Crippen molar-refractivity contribution >= 4 is 11.6 Å². The molecule has 6 heteroatoms. The molecule has 78 valence electrons. The molecular formula is C8H7ClF3NO. The zero-order valence-corrected chi connectivity index (χ0v) is 7.60. The molecule has 1 rings (SSSR count). The van der Waals surface area contributed by atoms with Gasteiger partial charge in [0, 0.05) is 0 Å². The van der Waals surface area contributed by atoms with Crippen molar-refractivity contribution in [3.8, 4) is 5.75 Å². The Bertz CT molecular complexity index is 346. The van der Waals surface area contributed by atoms with Gasteiger partial charge in [-0.1, -0.05) is 11.6 Å². The highest BCUT2D eigenvalue weighted by atomic mass is 35.5. The smallest absolute Gasteiger partial charge is 0.257 e. The number of aromatic hydroxyl groups is 1. The second kappa shape index (κ2) is 4.06. The third kappa shape index (κ3) is 1.93. The van der Waals surface area contributed by atoms with Crippen molar-refractivity contribution in [2.24, 2.45) is 5.73 Å². The number of alkyl halides is 2. The lowest BCUT2D eigenvalue weighted by Crippen LogP contribution is -2.20. The summed E-state index contributed by atoms with van der Waals surface area (Å²) in [6, 6.07) is 0.0572. The molecule has 0 aliphatic heterocycles. The average molecular weight is 226 g/mol. The number of hydrogen-bond donors (Lipinski definition) is 2. The molecule has 0 heterocycles. The third-order valence-corrected chi connectivity index (χ3v) is 2.02. The van der Waals surface area contributed by atoms with Crippen molar-refractivity contribution in [1.29, 1.82) is 0 Å². The molecule has 0 unspecified atom stereocenters. The first kappa shape index (κ1) is 11.1. The van der Waals surface area contributed by atoms with Gasteiger partial charge in [-0.2, -0.15) is 0 Å². The van der Waals surface area contributed by atoms with Gasteiger partial charge in [-0.25, -0.2) is 13.2 Å². The fourth-order valence-electron chi connectivity index (χ4n) is 1.000. The predicted molar refractivity (Wildman–Crippen MR) is 46.0 cm³/mol. The molecule has 0 bridgehead atoms. The Labute approximate surface area is 83.1 Å². The van der Waals surface area contributed by atoms with E-state index in [9.17, 15) is 18.3 Å². The molecule has 0 saturated heterocycles. The Morgan fingerprint density at radius 1 is 1.36 bits per heavy atom. The van der Waals surface area contributed by atoms with Gasteiger partial charge in [0.2, 0.25) is 0 Å². The Kier molecular flexibility index (Phi) is 3.23. The Balaban J connectivity index is 3.25. The van der Waals surface area contributed by atoms with E-state index in [-0.39, 0.29) is 5.02 Å². The first-order valence-corrected chi connectivity index (χ1v) is 4.03. The van der Waals surface area contributed by atoms with Gasteiger partial charge in [0.1, 0.15) is 11.6 Å². The lowest BCUT2D eigenvalue weighted by molar-refractivity contribution is 0.113. The van der Waals surface area contributed by atoms with E-state index in [0.29, 0.717) is 0 Å². The molecule has 0 amide bonds. The summed E-state index contributed by atoms with van der Waals surface area (Å²) in [5, 5.41) is 9.00. The van der Waals surface area contributed by atoms with Crippen LogP contribution >= 0.6 is 11.6 Å². The zero-order valence-electron chi connectivity index (χ0n) is 6.85. The molecule has 0 fully saturated rings. The van der Waals surface area contributed by atoms with Gasteiger partial charge >= 0.3 is 0 Å². The summed E-state index contributed by atoms with van der Waals surface area (Å²) < 4.78 is 37.3. The second-order valence-electron chi connectivity index (χ2n) is 2.65. The van der Waals surface area contributed by atoms with Crippen molar-refractivity contribution in [3.05, 3.63) is 28.5 Å². The highest BCUT2D eigenvalue weighted by Crippen LogP contribution is 2.34. The van der Waals surface area contributed by atoms with Crippen LogP contribution in [0.5, 0.6) is 5.75 Å². The van der Waals surface area contributed by atoms with E-state index in [1.807, 2.05) is 0 Å². The topological polar surface area (TPSA) is 46.2 Å². The lowest BCUT2D eigenvalue weighted by Gasteiger charge is -2.14. The van der Waals surface area contributed by atoms with E-state index < -0.39 is 29.6 Å². The molecule has 0 radical (unpaired) electrons. The SMILES string of the molecule is N[C@H](c1c(F)ccc(Cl)c1O)C(F)F. The number of rotatable bonds is 2. The van der Waals surface area contributed by atoms with Gasteiger partial charge in [-0.3, -0.25) is 0 Å². The van der Waals surface area contributed by atoms with E-state index in [1.54, 1.807) is 0 Å². The minimum atomic E-state index is -2.96. The Hall–Kier alpha value is -0.940. The molecule has 0 saturated carbocycles. The standard InChI is InChI=1S/C8H7ClF3NO/c9-3-1-2-4(10)5(7(3)14)6(13)8(11)12/h1-2,6,8,14H,13H2/t6-/m1/s1. The fraction of sp³-hybridized carbons (Fsp3) is 0.250. The lowest BCUT2D eigenvalue weighted by atomic mass is 10.1. The van der Waals surface area contributed by atoms with Crippen LogP contribution in [-0.4, -0.2) is 11.5 Å². The van der Waals surface area contributed by atoms with Gasteiger partial charge < -0.3 is 10.8 Å². The summed E-state index contributed by atoms with van der Waals surface area (Å²) in [7, 11) is 0. The molecule has 3 N–H and O–H groups in total. The molecule has 1 aromatic carbocycles. The van der Waals surface area contributed by atoms with Crippen molar-refractivity contribution in [1.82, 2.24) is 0 Å². The first-order chi connectivity index (χ1) is 6.45. The molecule has 0 aliphatic rings. The van der Waals surface area contributed by atoms with Crippen molar-refractivity contribution in [2.45, 2.75) is 12.5 Å². The third-order valence-electron chi connectivity index (χ3n) is 1.72. The van der Waals surface area contributed by atoms with Crippen molar-refractivity contribution in [2.75, 3.05) is 0 Å². The Morgan fingerprint density at radius 3 is 2.43 bits per heavy atom. The van der Waals surface area contributed by atoms with Gasteiger partial charge in [0.25, 0.3) is 6.43 Å². The number of halogens is 4. The average Bonchev–Trinajstić information content (AvgIpc) is 2.12. The highest BCUT2D eigenvalue weighted by molar-refractivity contribution is 6.32. The van der Waals surface area contributed by atoms with Crippen LogP contribution in [0.25, 0.3) is 0 Å². The number of phenols is 1. The van der Waals surface area contributed by atoms with Gasteiger partial charge in [0.15, 0.2) is 0 Å². The number of phenolic OH excluding ortho intramolecular Hbond substituents is 1. The zero-order chi connectivity index (χ0) is 10.9. The molecule has 2 nitrogen and oxygen atoms in total. The van der Waals surface area contributed by atoms with Gasteiger partial charge in [0.05, 0.1) is 16.6 Å². The highest BCUT2D eigenvalue weighted by Gasteiger charge is 2.25. The van der Waals surface area contributed by atoms with E-state index in [4.69, 9.17) is 17.3 Å². The summed E-state index contributed by atoms with van der Waals surface area (Å²) in [4.78, 5) is 0. The molecule has 14 heavy (non-hydrogen) atoms. The molecular weight excluding hydrogens is 219 g/mol. The van der Waals surface area contributed by atoms with Crippen LogP contribution in [0.1, 0.15) is 11.6 Å². The summed E-state index contributed by atoms with van der Waals surface area (Å²) >= 11 is 5.42. The van der Waals surface area contributed by atoms with Crippen molar-refractivity contribution in [3.63, 3.8) is 0 Å².